The molecule has 2 N–H and O–H groups in total. The Morgan fingerprint density at radius 3 is 2.43 bits per heavy atom. The van der Waals surface area contributed by atoms with Gasteiger partial charge in [0.2, 0.25) is 0 Å². The molecular weight excluding hydrogens is 294 g/mol. The lowest BCUT2D eigenvalue weighted by Gasteiger charge is -2.31. The Morgan fingerprint density at radius 1 is 1.17 bits per heavy atom. The number of aromatic nitrogens is 1. The van der Waals surface area contributed by atoms with E-state index in [1.165, 1.54) is 0 Å². The number of amides is 1. The number of hydrogen-bond donors (Lipinski definition) is 1. The molecule has 0 radical (unpaired) electrons. The van der Waals surface area contributed by atoms with E-state index in [1.807, 2.05) is 37.3 Å². The van der Waals surface area contributed by atoms with Gasteiger partial charge in [-0.1, -0.05) is 18.2 Å². The van der Waals surface area contributed by atoms with E-state index in [9.17, 15) is 9.59 Å². The quantitative estimate of drug-likeness (QED) is 0.920. The number of carbonyl (C=O) groups excluding carboxylic acids is 1. The minimum absolute atomic E-state index is 0.000875. The molecule has 1 amide bonds. The number of carbonyl (C=O) groups is 1. The van der Waals surface area contributed by atoms with Crippen LogP contribution in [-0.2, 0) is 4.74 Å². The van der Waals surface area contributed by atoms with Gasteiger partial charge in [0.1, 0.15) is 5.56 Å². The predicted molar refractivity (Wildman–Crippen MR) is 88.3 cm³/mol. The molecule has 1 saturated heterocycles. The standard InChI is InChI=1S/C17H19N3O3/c1-12-15(19-7-9-23-10-8-19)11-14(16(18)21)17(22)20(12)13-5-3-2-4-6-13/h2-6,11H,7-10H2,1H3,(H2,18,21). The van der Waals surface area contributed by atoms with E-state index < -0.39 is 11.5 Å². The Kier molecular flexibility index (Phi) is 4.16. The van der Waals surface area contributed by atoms with Gasteiger partial charge < -0.3 is 15.4 Å². The minimum Gasteiger partial charge on any atom is -0.378 e. The van der Waals surface area contributed by atoms with Gasteiger partial charge in [0.25, 0.3) is 11.5 Å². The number of anilines is 1. The third-order valence-corrected chi connectivity index (χ3v) is 4.05. The van der Waals surface area contributed by atoms with E-state index in [2.05, 4.69) is 4.90 Å². The number of ether oxygens (including phenoxy) is 1. The van der Waals surface area contributed by atoms with Gasteiger partial charge in [-0.3, -0.25) is 14.2 Å². The van der Waals surface area contributed by atoms with Crippen LogP contribution in [0.4, 0.5) is 5.69 Å². The lowest BCUT2D eigenvalue weighted by molar-refractivity contribution is 0.0998. The second-order valence-corrected chi connectivity index (χ2v) is 5.47. The number of benzene rings is 1. The number of primary amides is 1. The molecule has 0 aliphatic carbocycles. The smallest absolute Gasteiger partial charge is 0.268 e. The van der Waals surface area contributed by atoms with Crippen molar-refractivity contribution in [3.05, 3.63) is 58.0 Å². The summed E-state index contributed by atoms with van der Waals surface area (Å²) in [5, 5.41) is 0. The van der Waals surface area contributed by atoms with Crippen molar-refractivity contribution in [2.45, 2.75) is 6.92 Å². The fraction of sp³-hybridized carbons (Fsp3) is 0.294. The zero-order chi connectivity index (χ0) is 16.4. The Morgan fingerprint density at radius 2 is 1.83 bits per heavy atom. The SMILES string of the molecule is Cc1c(N2CCOCC2)cc(C(N)=O)c(=O)n1-c1ccccc1. The van der Waals surface area contributed by atoms with E-state index in [1.54, 1.807) is 10.6 Å². The third-order valence-electron chi connectivity index (χ3n) is 4.05. The Labute approximate surface area is 134 Å². The van der Waals surface area contributed by atoms with Crippen LogP contribution in [0.3, 0.4) is 0 Å². The van der Waals surface area contributed by atoms with Crippen LogP contribution in [0.25, 0.3) is 5.69 Å². The summed E-state index contributed by atoms with van der Waals surface area (Å²) in [4.78, 5) is 26.5. The Bertz CT molecular complexity index is 778. The highest BCUT2D eigenvalue weighted by Crippen LogP contribution is 2.23. The second kappa shape index (κ2) is 6.26. The number of rotatable bonds is 3. The summed E-state index contributed by atoms with van der Waals surface area (Å²) in [7, 11) is 0. The van der Waals surface area contributed by atoms with Crippen LogP contribution in [-0.4, -0.2) is 36.8 Å². The molecule has 2 aromatic rings. The fourth-order valence-corrected chi connectivity index (χ4v) is 2.88. The largest absolute Gasteiger partial charge is 0.378 e. The average molecular weight is 313 g/mol. The molecule has 1 aliphatic rings. The van der Waals surface area contributed by atoms with Crippen LogP contribution in [0.2, 0.25) is 0 Å². The number of morpholine rings is 1. The van der Waals surface area contributed by atoms with Gasteiger partial charge in [-0.05, 0) is 25.1 Å². The van der Waals surface area contributed by atoms with Crippen molar-refractivity contribution in [2.75, 3.05) is 31.2 Å². The van der Waals surface area contributed by atoms with E-state index in [0.717, 1.165) is 11.4 Å². The zero-order valence-corrected chi connectivity index (χ0v) is 13.0. The molecule has 3 rings (SSSR count). The first-order chi connectivity index (χ1) is 11.1. The van der Waals surface area contributed by atoms with Crippen LogP contribution < -0.4 is 16.2 Å². The first-order valence-electron chi connectivity index (χ1n) is 7.54. The molecule has 1 aliphatic heterocycles. The summed E-state index contributed by atoms with van der Waals surface area (Å²) < 4.78 is 6.92. The second-order valence-electron chi connectivity index (χ2n) is 5.47. The number of nitrogens with two attached hydrogens (primary N) is 1. The monoisotopic (exact) mass is 313 g/mol. The molecule has 2 heterocycles. The molecular formula is C17H19N3O3. The van der Waals surface area contributed by atoms with Crippen molar-refractivity contribution in [2.24, 2.45) is 5.73 Å². The summed E-state index contributed by atoms with van der Waals surface area (Å²) >= 11 is 0. The summed E-state index contributed by atoms with van der Waals surface area (Å²) in [6.07, 6.45) is 0. The highest BCUT2D eigenvalue weighted by atomic mass is 16.5. The maximum absolute atomic E-state index is 12.7. The predicted octanol–water partition coefficient (Wildman–Crippen LogP) is 1.08. The van der Waals surface area contributed by atoms with Crippen molar-refractivity contribution >= 4 is 11.6 Å². The molecule has 23 heavy (non-hydrogen) atoms. The molecule has 1 aromatic heterocycles. The first-order valence-corrected chi connectivity index (χ1v) is 7.54. The molecule has 0 spiro atoms. The number of para-hydroxylation sites is 1. The van der Waals surface area contributed by atoms with Crippen molar-refractivity contribution in [1.29, 1.82) is 0 Å². The maximum atomic E-state index is 12.7. The van der Waals surface area contributed by atoms with Gasteiger partial charge in [0.15, 0.2) is 0 Å². The molecule has 0 bridgehead atoms. The molecule has 0 unspecified atom stereocenters. The minimum atomic E-state index is -0.714. The van der Waals surface area contributed by atoms with E-state index >= 15 is 0 Å². The first kappa shape index (κ1) is 15.3. The molecule has 1 aromatic carbocycles. The normalized spacial score (nSPS) is 14.7. The van der Waals surface area contributed by atoms with Crippen LogP contribution >= 0.6 is 0 Å². The summed E-state index contributed by atoms with van der Waals surface area (Å²) in [6.45, 7) is 4.55. The Hall–Kier alpha value is -2.60. The Balaban J connectivity index is 2.23. The number of pyridine rings is 1. The van der Waals surface area contributed by atoms with Gasteiger partial charge in [-0.25, -0.2) is 0 Å². The van der Waals surface area contributed by atoms with Crippen LogP contribution in [0, 0.1) is 6.92 Å². The van der Waals surface area contributed by atoms with Crippen LogP contribution in [0.5, 0.6) is 0 Å². The van der Waals surface area contributed by atoms with Crippen molar-refractivity contribution in [3.8, 4) is 5.69 Å². The number of nitrogens with zero attached hydrogens (tertiary/aromatic N) is 2. The maximum Gasteiger partial charge on any atom is 0.268 e. The van der Waals surface area contributed by atoms with Gasteiger partial charge in [0, 0.05) is 24.5 Å². The van der Waals surface area contributed by atoms with Crippen molar-refractivity contribution in [1.82, 2.24) is 4.57 Å². The average Bonchev–Trinajstić information content (AvgIpc) is 2.56. The van der Waals surface area contributed by atoms with E-state index in [-0.39, 0.29) is 5.56 Å². The van der Waals surface area contributed by atoms with Crippen molar-refractivity contribution in [3.63, 3.8) is 0 Å². The summed E-state index contributed by atoms with van der Waals surface area (Å²) in [6, 6.07) is 10.9. The fourth-order valence-electron chi connectivity index (χ4n) is 2.88. The van der Waals surface area contributed by atoms with E-state index in [0.29, 0.717) is 32.0 Å². The molecule has 6 nitrogen and oxygen atoms in total. The summed E-state index contributed by atoms with van der Waals surface area (Å²) in [5.41, 5.74) is 7.36. The molecule has 120 valence electrons. The third kappa shape index (κ3) is 2.85. The molecule has 1 fully saturated rings. The van der Waals surface area contributed by atoms with Crippen molar-refractivity contribution < 1.29 is 9.53 Å². The zero-order valence-electron chi connectivity index (χ0n) is 13.0. The van der Waals surface area contributed by atoms with Gasteiger partial charge >= 0.3 is 0 Å². The highest BCUT2D eigenvalue weighted by molar-refractivity contribution is 5.93. The van der Waals surface area contributed by atoms with Gasteiger partial charge in [-0.15, -0.1) is 0 Å². The van der Waals surface area contributed by atoms with E-state index in [4.69, 9.17) is 10.5 Å². The van der Waals surface area contributed by atoms with Gasteiger partial charge in [0.05, 0.1) is 18.9 Å². The van der Waals surface area contributed by atoms with Gasteiger partial charge in [-0.2, -0.15) is 0 Å². The highest BCUT2D eigenvalue weighted by Gasteiger charge is 2.21. The van der Waals surface area contributed by atoms with Crippen LogP contribution in [0.15, 0.2) is 41.2 Å². The van der Waals surface area contributed by atoms with Crippen LogP contribution in [0.1, 0.15) is 16.1 Å². The molecule has 6 heteroatoms. The lowest BCUT2D eigenvalue weighted by atomic mass is 10.1. The molecule has 0 atom stereocenters. The lowest BCUT2D eigenvalue weighted by Crippen LogP contribution is -2.39. The topological polar surface area (TPSA) is 77.6 Å². The number of hydrogen-bond acceptors (Lipinski definition) is 4. The molecule has 0 saturated carbocycles. The summed E-state index contributed by atoms with van der Waals surface area (Å²) in [5.74, 6) is -0.714.